The van der Waals surface area contributed by atoms with Gasteiger partial charge in [-0.15, -0.1) is 0 Å². The Labute approximate surface area is 188 Å². The predicted molar refractivity (Wildman–Crippen MR) is 122 cm³/mol. The normalized spacial score (nSPS) is 48.1. The van der Waals surface area contributed by atoms with E-state index in [1.54, 1.807) is 6.08 Å². The van der Waals surface area contributed by atoms with Crippen LogP contribution >= 0.6 is 0 Å². The van der Waals surface area contributed by atoms with E-state index < -0.39 is 22.7 Å². The van der Waals surface area contributed by atoms with Crippen molar-refractivity contribution in [3.8, 4) is 0 Å². The first-order valence-corrected chi connectivity index (χ1v) is 12.8. The van der Waals surface area contributed by atoms with E-state index in [-0.39, 0.29) is 23.5 Å². The van der Waals surface area contributed by atoms with Gasteiger partial charge in [0.15, 0.2) is 5.78 Å². The fourth-order valence-electron chi connectivity index (χ4n) is 8.33. The van der Waals surface area contributed by atoms with Crippen LogP contribution in [0.15, 0.2) is 11.6 Å². The maximum Gasteiger partial charge on any atom is 0.188 e. The first-order chi connectivity index (χ1) is 14.4. The molecule has 0 radical (unpaired) electrons. The van der Waals surface area contributed by atoms with Crippen LogP contribution in [0.2, 0.25) is 0 Å². The Kier molecular flexibility index (Phi) is 5.80. The maximum absolute atomic E-state index is 13.3. The summed E-state index contributed by atoms with van der Waals surface area (Å²) in [6.45, 7) is 11.3. The third-order valence-electron chi connectivity index (χ3n) is 10.4. The standard InChI is InChI=1S/C27H44O4/c1-17(2)7-6-8-18(3)20-9-10-21-22-15-23(29)27(31)16-19(28)11-12-25(27,5)26(22,30)14-13-24(20,21)4/h15,17-21,28,30-31H,6-14,16H2,1-5H3/t18-,19-,20-,21+,24-,25-,26-,27+/m1/s1. The first kappa shape index (κ1) is 23.4. The fraction of sp³-hybridized carbons (Fsp3) is 0.889. The largest absolute Gasteiger partial charge is 0.393 e. The minimum atomic E-state index is -1.67. The summed E-state index contributed by atoms with van der Waals surface area (Å²) in [7, 11) is 0. The highest BCUT2D eigenvalue weighted by Gasteiger charge is 2.71. The number of carbonyl (C=O) groups excluding carboxylic acids is 1. The molecule has 0 heterocycles. The molecule has 3 N–H and O–H groups in total. The highest BCUT2D eigenvalue weighted by atomic mass is 16.3. The van der Waals surface area contributed by atoms with Crippen LogP contribution in [0.1, 0.15) is 98.8 Å². The van der Waals surface area contributed by atoms with Gasteiger partial charge in [-0.2, -0.15) is 0 Å². The van der Waals surface area contributed by atoms with Crippen LogP contribution < -0.4 is 0 Å². The Morgan fingerprint density at radius 1 is 1.00 bits per heavy atom. The van der Waals surface area contributed by atoms with Gasteiger partial charge in [0.05, 0.1) is 11.7 Å². The van der Waals surface area contributed by atoms with Crippen LogP contribution in [-0.2, 0) is 4.79 Å². The van der Waals surface area contributed by atoms with Crippen molar-refractivity contribution < 1.29 is 20.1 Å². The lowest BCUT2D eigenvalue weighted by atomic mass is 9.43. The minimum Gasteiger partial charge on any atom is -0.393 e. The van der Waals surface area contributed by atoms with Crippen molar-refractivity contribution in [2.75, 3.05) is 0 Å². The van der Waals surface area contributed by atoms with E-state index in [1.807, 2.05) is 6.92 Å². The number of hydrogen-bond acceptors (Lipinski definition) is 4. The maximum atomic E-state index is 13.3. The Morgan fingerprint density at radius 2 is 1.71 bits per heavy atom. The number of fused-ring (bicyclic) bond motifs is 5. The third-order valence-corrected chi connectivity index (χ3v) is 10.4. The molecule has 0 amide bonds. The number of ketones is 1. The molecule has 4 aliphatic carbocycles. The summed E-state index contributed by atoms with van der Waals surface area (Å²) in [6, 6.07) is 0. The molecule has 3 fully saturated rings. The van der Waals surface area contributed by atoms with Crippen LogP contribution in [0.4, 0.5) is 0 Å². The summed E-state index contributed by atoms with van der Waals surface area (Å²) in [5.41, 5.74) is -2.75. The van der Waals surface area contributed by atoms with Gasteiger partial charge in [-0.3, -0.25) is 4.79 Å². The average Bonchev–Trinajstić information content (AvgIpc) is 3.03. The molecule has 0 aromatic carbocycles. The van der Waals surface area contributed by atoms with Crippen molar-refractivity contribution in [2.24, 2.45) is 34.5 Å². The topological polar surface area (TPSA) is 77.8 Å². The van der Waals surface area contributed by atoms with Crippen molar-refractivity contribution >= 4 is 5.78 Å². The molecule has 8 atom stereocenters. The molecule has 4 aliphatic rings. The molecule has 0 unspecified atom stereocenters. The zero-order valence-electron chi connectivity index (χ0n) is 20.3. The van der Waals surface area contributed by atoms with Gasteiger partial charge in [0.2, 0.25) is 0 Å². The Balaban J connectivity index is 1.64. The van der Waals surface area contributed by atoms with Crippen LogP contribution in [0, 0.1) is 34.5 Å². The van der Waals surface area contributed by atoms with Gasteiger partial charge in [-0.25, -0.2) is 0 Å². The van der Waals surface area contributed by atoms with E-state index in [4.69, 9.17) is 0 Å². The van der Waals surface area contributed by atoms with Crippen molar-refractivity contribution in [1.82, 2.24) is 0 Å². The lowest BCUT2D eigenvalue weighted by Crippen LogP contribution is -2.71. The second kappa shape index (κ2) is 7.67. The third kappa shape index (κ3) is 3.22. The summed E-state index contributed by atoms with van der Waals surface area (Å²) in [6.07, 6.45) is 9.48. The molecule has 4 heteroatoms. The Bertz CT molecular complexity index is 758. The molecule has 0 aromatic rings. The van der Waals surface area contributed by atoms with E-state index in [1.165, 1.54) is 19.3 Å². The van der Waals surface area contributed by atoms with Gasteiger partial charge < -0.3 is 15.3 Å². The summed E-state index contributed by atoms with van der Waals surface area (Å²) in [5, 5.41) is 33.8. The number of hydrogen-bond donors (Lipinski definition) is 3. The first-order valence-electron chi connectivity index (χ1n) is 12.8. The van der Waals surface area contributed by atoms with Crippen LogP contribution in [-0.4, -0.2) is 38.4 Å². The SMILES string of the molecule is CC(C)CCC[C@@H](C)[C@H]1CC[C@H]2C3=CC(=O)[C@@]4(O)C[C@H](O)CC[C@]4(C)[C@@]3(O)CC[C@]12C. The number of aliphatic hydroxyl groups is 3. The molecular weight excluding hydrogens is 388 g/mol. The van der Waals surface area contributed by atoms with E-state index in [0.29, 0.717) is 31.1 Å². The molecule has 0 spiro atoms. The van der Waals surface area contributed by atoms with E-state index >= 15 is 0 Å². The average molecular weight is 433 g/mol. The molecule has 3 saturated carbocycles. The molecular formula is C27H44O4. The molecule has 176 valence electrons. The zero-order chi connectivity index (χ0) is 22.8. The van der Waals surface area contributed by atoms with Crippen LogP contribution in [0.3, 0.4) is 0 Å². The van der Waals surface area contributed by atoms with E-state index in [0.717, 1.165) is 30.8 Å². The number of carbonyl (C=O) groups is 1. The van der Waals surface area contributed by atoms with Crippen molar-refractivity contribution in [1.29, 1.82) is 0 Å². The molecule has 31 heavy (non-hydrogen) atoms. The number of aliphatic hydroxyl groups excluding tert-OH is 1. The molecule has 4 rings (SSSR count). The van der Waals surface area contributed by atoms with E-state index in [2.05, 4.69) is 27.7 Å². The van der Waals surface area contributed by atoms with Gasteiger partial charge in [0.25, 0.3) is 0 Å². The molecule has 0 bridgehead atoms. The highest BCUT2D eigenvalue weighted by molar-refractivity contribution is 6.00. The van der Waals surface area contributed by atoms with Gasteiger partial charge >= 0.3 is 0 Å². The smallest absolute Gasteiger partial charge is 0.188 e. The predicted octanol–water partition coefficient (Wildman–Crippen LogP) is 4.80. The quantitative estimate of drug-likeness (QED) is 0.583. The summed E-state index contributed by atoms with van der Waals surface area (Å²) >= 11 is 0. The van der Waals surface area contributed by atoms with Gasteiger partial charge in [0, 0.05) is 11.8 Å². The lowest BCUT2D eigenvalue weighted by Gasteiger charge is -2.63. The fourth-order valence-corrected chi connectivity index (χ4v) is 8.33. The van der Waals surface area contributed by atoms with E-state index in [9.17, 15) is 20.1 Å². The summed E-state index contributed by atoms with van der Waals surface area (Å²) in [4.78, 5) is 13.3. The minimum absolute atomic E-state index is 0.0336. The Morgan fingerprint density at radius 3 is 2.39 bits per heavy atom. The number of rotatable bonds is 5. The molecule has 0 aromatic heterocycles. The zero-order valence-corrected chi connectivity index (χ0v) is 20.3. The van der Waals surface area contributed by atoms with Gasteiger partial charge in [0.1, 0.15) is 5.60 Å². The van der Waals surface area contributed by atoms with Crippen molar-refractivity contribution in [3.63, 3.8) is 0 Å². The molecule has 0 saturated heterocycles. The molecule has 0 aliphatic heterocycles. The summed E-state index contributed by atoms with van der Waals surface area (Å²) in [5.74, 6) is 1.92. The highest BCUT2D eigenvalue weighted by Crippen LogP contribution is 2.68. The van der Waals surface area contributed by atoms with Gasteiger partial charge in [-0.1, -0.05) is 53.9 Å². The van der Waals surface area contributed by atoms with Crippen LogP contribution in [0.25, 0.3) is 0 Å². The Hall–Kier alpha value is -0.710. The lowest BCUT2D eigenvalue weighted by molar-refractivity contribution is -0.223. The van der Waals surface area contributed by atoms with Gasteiger partial charge in [-0.05, 0) is 79.3 Å². The van der Waals surface area contributed by atoms with Crippen molar-refractivity contribution in [2.45, 2.75) is 116 Å². The molecule has 4 nitrogen and oxygen atoms in total. The monoisotopic (exact) mass is 432 g/mol. The summed E-state index contributed by atoms with van der Waals surface area (Å²) < 4.78 is 0. The van der Waals surface area contributed by atoms with Crippen LogP contribution in [0.5, 0.6) is 0 Å². The second-order valence-electron chi connectivity index (χ2n) is 12.5. The second-order valence-corrected chi connectivity index (χ2v) is 12.5. The van der Waals surface area contributed by atoms with Crippen molar-refractivity contribution in [3.05, 3.63) is 11.6 Å².